The minimum atomic E-state index is -0.236. The first kappa shape index (κ1) is 18.5. The summed E-state index contributed by atoms with van der Waals surface area (Å²) in [6.45, 7) is 2.39. The van der Waals surface area contributed by atoms with E-state index >= 15 is 0 Å². The molecule has 0 saturated heterocycles. The normalized spacial score (nSPS) is 32.2. The molecule has 4 unspecified atom stereocenters. The van der Waals surface area contributed by atoms with E-state index in [1.807, 2.05) is 12.1 Å². The molecule has 29 heavy (non-hydrogen) atoms. The molecule has 0 heterocycles. The van der Waals surface area contributed by atoms with Gasteiger partial charge in [-0.25, -0.2) is 4.39 Å². The van der Waals surface area contributed by atoms with Crippen molar-refractivity contribution in [3.63, 3.8) is 0 Å². The second-order valence-electron chi connectivity index (χ2n) is 9.14. The molecular formula is C25H27FN2O. The van der Waals surface area contributed by atoms with Gasteiger partial charge in [0, 0.05) is 11.1 Å². The quantitative estimate of drug-likeness (QED) is 0.506. The van der Waals surface area contributed by atoms with Gasteiger partial charge >= 0.3 is 0 Å². The van der Waals surface area contributed by atoms with Gasteiger partial charge in [0.2, 0.25) is 0 Å². The van der Waals surface area contributed by atoms with Crippen LogP contribution in [0.4, 0.5) is 4.39 Å². The topological polar surface area (TPSA) is 45.0 Å². The Bertz CT molecular complexity index is 981. The molecule has 3 nitrogen and oxygen atoms in total. The molecule has 0 amide bonds. The summed E-state index contributed by atoms with van der Waals surface area (Å²) in [5.41, 5.74) is 5.03. The van der Waals surface area contributed by atoms with Crippen LogP contribution in [-0.4, -0.2) is 17.0 Å². The van der Waals surface area contributed by atoms with Crippen LogP contribution >= 0.6 is 0 Å². The maximum atomic E-state index is 13.1. The molecule has 4 atom stereocenters. The summed E-state index contributed by atoms with van der Waals surface area (Å²) < 4.78 is 13.1. The zero-order valence-corrected chi connectivity index (χ0v) is 16.8. The number of hydrogen-bond acceptors (Lipinski definition) is 3. The number of nitrogens with zero attached hydrogens (tertiary/aromatic N) is 2. The molecular weight excluding hydrogens is 363 g/mol. The summed E-state index contributed by atoms with van der Waals surface area (Å²) in [6.07, 6.45) is 8.52. The van der Waals surface area contributed by atoms with E-state index in [9.17, 15) is 9.50 Å². The first-order valence-electron chi connectivity index (χ1n) is 10.7. The molecule has 0 spiro atoms. The number of phenolic OH excluding ortho intramolecular Hbond substituents is 1. The van der Waals surface area contributed by atoms with Crippen LogP contribution in [0.1, 0.15) is 61.6 Å². The number of hydrogen-bond donors (Lipinski definition) is 1. The molecule has 150 valence electrons. The summed E-state index contributed by atoms with van der Waals surface area (Å²) in [4.78, 5) is 0. The second kappa shape index (κ2) is 7.08. The van der Waals surface area contributed by atoms with E-state index in [1.54, 1.807) is 18.3 Å². The Morgan fingerprint density at radius 2 is 1.90 bits per heavy atom. The maximum Gasteiger partial charge on any atom is 0.123 e. The molecule has 0 bridgehead atoms. The van der Waals surface area contributed by atoms with Crippen molar-refractivity contribution >= 4 is 11.9 Å². The van der Waals surface area contributed by atoms with Crippen LogP contribution in [-0.2, 0) is 6.42 Å². The molecule has 3 aliphatic rings. The third kappa shape index (κ3) is 3.19. The number of aromatic hydroxyl groups is 1. The van der Waals surface area contributed by atoms with Gasteiger partial charge in [0.05, 0.1) is 6.21 Å². The third-order valence-corrected chi connectivity index (χ3v) is 7.71. The lowest BCUT2D eigenvalue weighted by atomic mass is 9.55. The second-order valence-corrected chi connectivity index (χ2v) is 9.14. The van der Waals surface area contributed by atoms with Crippen LogP contribution in [0.5, 0.6) is 5.75 Å². The fourth-order valence-electron chi connectivity index (χ4n) is 6.24. The number of halogens is 1. The highest BCUT2D eigenvalue weighted by molar-refractivity contribution is 5.93. The number of rotatable bonds is 2. The molecule has 3 aliphatic carbocycles. The van der Waals surface area contributed by atoms with E-state index in [2.05, 4.69) is 23.2 Å². The van der Waals surface area contributed by atoms with Gasteiger partial charge in [0.25, 0.3) is 0 Å². The summed E-state index contributed by atoms with van der Waals surface area (Å²) in [5, 5.41) is 18.8. The first-order valence-corrected chi connectivity index (χ1v) is 10.7. The molecule has 2 aromatic rings. The Kier molecular flexibility index (Phi) is 4.53. The zero-order valence-electron chi connectivity index (χ0n) is 16.8. The molecule has 2 fully saturated rings. The monoisotopic (exact) mass is 390 g/mol. The maximum absolute atomic E-state index is 13.1. The van der Waals surface area contributed by atoms with E-state index in [-0.39, 0.29) is 11.2 Å². The van der Waals surface area contributed by atoms with Gasteiger partial charge in [0.1, 0.15) is 11.6 Å². The van der Waals surface area contributed by atoms with Gasteiger partial charge in [0.15, 0.2) is 0 Å². The van der Waals surface area contributed by atoms with E-state index in [0.717, 1.165) is 24.8 Å². The van der Waals surface area contributed by atoms with Gasteiger partial charge in [-0.05, 0) is 97.2 Å². The van der Waals surface area contributed by atoms with Crippen molar-refractivity contribution in [2.24, 2.45) is 27.5 Å². The lowest BCUT2D eigenvalue weighted by Crippen LogP contribution is -2.42. The molecule has 2 aromatic carbocycles. The number of phenols is 1. The summed E-state index contributed by atoms with van der Waals surface area (Å²) >= 11 is 0. The average molecular weight is 391 g/mol. The molecule has 0 radical (unpaired) electrons. The molecule has 1 N–H and O–H groups in total. The van der Waals surface area contributed by atoms with Crippen molar-refractivity contribution in [1.29, 1.82) is 0 Å². The van der Waals surface area contributed by atoms with Crippen LogP contribution < -0.4 is 0 Å². The standard InChI is InChI=1S/C25H27FN2O/c1-25-13-12-21-20-9-7-19(29)14-17(20)4-8-22(21)23(25)10-11-24(25)28-27-15-16-2-5-18(26)6-3-16/h2-3,5-7,9,14-15,21-23,29H,4,8,10-13H2,1H3. The summed E-state index contributed by atoms with van der Waals surface area (Å²) in [6, 6.07) is 12.3. The van der Waals surface area contributed by atoms with Gasteiger partial charge < -0.3 is 5.11 Å². The lowest BCUT2D eigenvalue weighted by Gasteiger charge is -2.49. The van der Waals surface area contributed by atoms with E-state index < -0.39 is 0 Å². The minimum Gasteiger partial charge on any atom is -0.508 e. The van der Waals surface area contributed by atoms with Crippen LogP contribution in [0.25, 0.3) is 0 Å². The molecule has 4 heteroatoms. The molecule has 0 aliphatic heterocycles. The number of aryl methyl sites for hydroxylation is 1. The summed E-state index contributed by atoms with van der Waals surface area (Å²) in [5.74, 6) is 2.11. The Morgan fingerprint density at radius 1 is 1.07 bits per heavy atom. The highest BCUT2D eigenvalue weighted by Crippen LogP contribution is 2.60. The van der Waals surface area contributed by atoms with Gasteiger partial charge in [-0.1, -0.05) is 25.1 Å². The molecule has 0 aromatic heterocycles. The molecule has 5 rings (SSSR count). The van der Waals surface area contributed by atoms with Gasteiger partial charge in [-0.3, -0.25) is 0 Å². The largest absolute Gasteiger partial charge is 0.508 e. The van der Waals surface area contributed by atoms with Gasteiger partial charge in [-0.15, -0.1) is 0 Å². The number of fused-ring (bicyclic) bond motifs is 5. The Balaban J connectivity index is 1.37. The Hall–Kier alpha value is -2.49. The highest BCUT2D eigenvalue weighted by Gasteiger charge is 2.53. The van der Waals surface area contributed by atoms with Crippen molar-refractivity contribution in [3.05, 3.63) is 65.0 Å². The predicted molar refractivity (Wildman–Crippen MR) is 114 cm³/mol. The van der Waals surface area contributed by atoms with E-state index in [4.69, 9.17) is 0 Å². The lowest BCUT2D eigenvalue weighted by molar-refractivity contribution is 0.0955. The van der Waals surface area contributed by atoms with Crippen molar-refractivity contribution < 1.29 is 9.50 Å². The van der Waals surface area contributed by atoms with Crippen molar-refractivity contribution in [2.75, 3.05) is 0 Å². The Morgan fingerprint density at radius 3 is 2.72 bits per heavy atom. The van der Waals surface area contributed by atoms with Crippen LogP contribution in [0.3, 0.4) is 0 Å². The molecule has 2 saturated carbocycles. The summed E-state index contributed by atoms with van der Waals surface area (Å²) in [7, 11) is 0. The smallest absolute Gasteiger partial charge is 0.123 e. The van der Waals surface area contributed by atoms with E-state index in [0.29, 0.717) is 23.5 Å². The zero-order chi connectivity index (χ0) is 20.0. The van der Waals surface area contributed by atoms with Crippen LogP contribution in [0.2, 0.25) is 0 Å². The van der Waals surface area contributed by atoms with Crippen molar-refractivity contribution in [1.82, 2.24) is 0 Å². The predicted octanol–water partition coefficient (Wildman–Crippen LogP) is 5.86. The number of benzene rings is 2. The first-order chi connectivity index (χ1) is 14.0. The average Bonchev–Trinajstić information content (AvgIpc) is 3.05. The van der Waals surface area contributed by atoms with Gasteiger partial charge in [-0.2, -0.15) is 10.2 Å². The van der Waals surface area contributed by atoms with E-state index in [1.165, 1.54) is 48.2 Å². The minimum absolute atomic E-state index is 0.135. The van der Waals surface area contributed by atoms with Crippen molar-refractivity contribution in [3.8, 4) is 5.75 Å². The SMILES string of the molecule is CC12CCC3c4ccc(O)cc4CCC3C1CCC2=NN=Cc1ccc(F)cc1. The highest BCUT2D eigenvalue weighted by atomic mass is 19.1. The van der Waals surface area contributed by atoms with Crippen molar-refractivity contribution in [2.45, 2.75) is 51.4 Å². The fourth-order valence-corrected chi connectivity index (χ4v) is 6.24. The fraction of sp³-hybridized carbons (Fsp3) is 0.440. The Labute approximate surface area is 171 Å². The van der Waals surface area contributed by atoms with Crippen LogP contribution in [0, 0.1) is 23.1 Å². The van der Waals surface area contributed by atoms with Crippen LogP contribution in [0.15, 0.2) is 52.7 Å². The third-order valence-electron chi connectivity index (χ3n) is 7.71.